The van der Waals surface area contributed by atoms with Crippen LogP contribution < -0.4 is 5.73 Å². The van der Waals surface area contributed by atoms with E-state index in [2.05, 4.69) is 6.58 Å². The van der Waals surface area contributed by atoms with Crippen molar-refractivity contribution < 1.29 is 65.7 Å². The number of rotatable bonds is 9. The highest BCUT2D eigenvalue weighted by atomic mass is 32.2. The Balaban J connectivity index is 0. The van der Waals surface area contributed by atoms with Gasteiger partial charge in [-0.1, -0.05) is 6.08 Å². The highest BCUT2D eigenvalue weighted by Crippen LogP contribution is 2.52. The molecular weight excluding hydrogens is 454 g/mol. The lowest BCUT2D eigenvalue weighted by atomic mass is 9.96. The van der Waals surface area contributed by atoms with Crippen LogP contribution in [0.3, 0.4) is 0 Å². The van der Waals surface area contributed by atoms with Crippen molar-refractivity contribution in [2.45, 2.75) is 48.2 Å². The van der Waals surface area contributed by atoms with Crippen molar-refractivity contribution in [1.29, 1.82) is 0 Å². The third-order valence-electron chi connectivity index (χ3n) is 2.72. The summed E-state index contributed by atoms with van der Waals surface area (Å²) in [7, 11) is -6.72. The van der Waals surface area contributed by atoms with Gasteiger partial charge in [0.2, 0.25) is 6.17 Å². The molecule has 0 aliphatic rings. The summed E-state index contributed by atoms with van der Waals surface area (Å²) in [6.45, 7) is 3.94. The molecule has 4 atom stereocenters. The van der Waals surface area contributed by atoms with E-state index in [1.54, 1.807) is 6.08 Å². The zero-order valence-electron chi connectivity index (χ0n) is 13.2. The lowest BCUT2D eigenvalue weighted by Crippen LogP contribution is -2.64. The number of halogens is 12. The van der Waals surface area contributed by atoms with E-state index in [0.29, 0.717) is 6.54 Å². The maximum Gasteiger partial charge on any atom is 0.379 e. The van der Waals surface area contributed by atoms with E-state index in [4.69, 9.17) is 10.3 Å². The van der Waals surface area contributed by atoms with Crippen molar-refractivity contribution in [2.75, 3.05) is 6.54 Å². The van der Waals surface area contributed by atoms with Gasteiger partial charge in [0.05, 0.1) is 0 Å². The average Bonchev–Trinajstić information content (AvgIpc) is 2.57. The molecule has 0 saturated heterocycles. The zero-order valence-corrected chi connectivity index (χ0v) is 14.0. The first-order chi connectivity index (χ1) is 12.2. The fraction of sp³-hybridized carbons (Fsp3) is 0.818. The van der Waals surface area contributed by atoms with Crippen molar-refractivity contribution in [2.24, 2.45) is 5.73 Å². The summed E-state index contributed by atoms with van der Waals surface area (Å²) in [5.74, 6) is -21.4. The molecule has 4 unspecified atom stereocenters. The van der Waals surface area contributed by atoms with Crippen LogP contribution in [0.2, 0.25) is 0 Å². The largest absolute Gasteiger partial charge is 0.379 e. The topological polar surface area (TPSA) is 80.4 Å². The van der Waals surface area contributed by atoms with Gasteiger partial charge in [-0.25, -0.2) is 26.3 Å². The van der Waals surface area contributed by atoms with Crippen LogP contribution in [-0.4, -0.2) is 67.7 Å². The van der Waals surface area contributed by atoms with Gasteiger partial charge in [-0.2, -0.15) is 34.8 Å². The second kappa shape index (κ2) is 10.00. The Kier molecular flexibility index (Phi) is 10.3. The van der Waals surface area contributed by atoms with Gasteiger partial charge in [-0.05, 0) is 0 Å². The molecule has 0 aliphatic heterocycles. The number of alkyl halides is 12. The second-order valence-corrected chi connectivity index (χ2v) is 6.24. The molecule has 0 heterocycles. The molecule has 17 heteroatoms. The number of hydrogen-bond acceptors (Lipinski definition) is 3. The molecule has 3 N–H and O–H groups in total. The monoisotopic (exact) mass is 467 g/mol. The minimum Gasteiger partial charge on any atom is -0.327 e. The summed E-state index contributed by atoms with van der Waals surface area (Å²) in [6.07, 6.45) is -17.4. The van der Waals surface area contributed by atoms with Crippen molar-refractivity contribution in [3.63, 3.8) is 0 Å². The molecule has 0 aliphatic carbocycles. The van der Waals surface area contributed by atoms with Crippen LogP contribution in [0, 0.1) is 0 Å². The molecular formula is C11H13F12NO3S. The van der Waals surface area contributed by atoms with Gasteiger partial charge < -0.3 is 5.73 Å². The van der Waals surface area contributed by atoms with Crippen LogP contribution in [0.1, 0.15) is 0 Å². The molecule has 0 aromatic heterocycles. The molecule has 0 aromatic rings. The van der Waals surface area contributed by atoms with Crippen molar-refractivity contribution >= 4 is 10.1 Å². The summed E-state index contributed by atoms with van der Waals surface area (Å²) in [4.78, 5) is 0. The van der Waals surface area contributed by atoms with Gasteiger partial charge in [-0.3, -0.25) is 4.55 Å². The molecule has 0 bridgehead atoms. The lowest BCUT2D eigenvalue weighted by Gasteiger charge is -2.35. The number of hydrogen-bond donors (Lipinski definition) is 2. The van der Waals surface area contributed by atoms with Gasteiger partial charge in [0, 0.05) is 6.54 Å². The minimum absolute atomic E-state index is 0.583. The second-order valence-electron chi connectivity index (χ2n) is 4.80. The van der Waals surface area contributed by atoms with Crippen LogP contribution in [0.5, 0.6) is 0 Å². The van der Waals surface area contributed by atoms with E-state index >= 15 is 0 Å². The highest BCUT2D eigenvalue weighted by Gasteiger charge is 2.80. The Hall–Kier alpha value is -1.23. The maximum absolute atomic E-state index is 13.0. The first-order valence-electron chi connectivity index (χ1n) is 6.50. The molecule has 0 radical (unpaired) electrons. The first-order valence-corrected chi connectivity index (χ1v) is 8.00. The van der Waals surface area contributed by atoms with E-state index < -0.39 is 58.3 Å². The minimum atomic E-state index is -7.36. The van der Waals surface area contributed by atoms with Gasteiger partial charge >= 0.3 is 27.9 Å². The van der Waals surface area contributed by atoms with Crippen molar-refractivity contribution in [1.82, 2.24) is 0 Å². The van der Waals surface area contributed by atoms with E-state index in [9.17, 15) is 61.1 Å². The Labute approximate surface area is 150 Å². The third-order valence-corrected chi connectivity index (χ3v) is 3.54. The Bertz CT molecular complexity index is 600. The zero-order chi connectivity index (χ0) is 23.3. The van der Waals surface area contributed by atoms with Gasteiger partial charge in [0.1, 0.15) is 0 Å². The standard InChI is InChI=1S/C8H6F12O3S.C3H7N/c9-1(2(10)4(12)13)3(11)6(15,16)8(19,20)7(17,18)5(14)24(21,22)23;1-2-3-4/h1-5H,(H,21,22,23);2H,1,3-4H2. The molecule has 170 valence electrons. The van der Waals surface area contributed by atoms with Crippen LogP contribution in [0.15, 0.2) is 12.7 Å². The molecule has 0 spiro atoms. The average molecular weight is 467 g/mol. The molecule has 0 amide bonds. The Morgan fingerprint density at radius 3 is 1.50 bits per heavy atom. The smallest absolute Gasteiger partial charge is 0.327 e. The molecule has 0 aromatic carbocycles. The SMILES string of the molecule is C=CCN.O=S(=O)(O)C(F)C(F)(F)C(F)(F)C(F)(F)C(F)C(F)C(F)C(F)F. The quantitative estimate of drug-likeness (QED) is 0.309. The molecule has 0 rings (SSSR count). The van der Waals surface area contributed by atoms with E-state index in [1.165, 1.54) is 0 Å². The van der Waals surface area contributed by atoms with Gasteiger partial charge in [0.25, 0.3) is 11.9 Å². The van der Waals surface area contributed by atoms with Crippen LogP contribution in [-0.2, 0) is 10.1 Å². The Morgan fingerprint density at radius 2 is 1.25 bits per heavy atom. The van der Waals surface area contributed by atoms with Crippen molar-refractivity contribution in [3.05, 3.63) is 12.7 Å². The van der Waals surface area contributed by atoms with Crippen LogP contribution >= 0.6 is 0 Å². The molecule has 4 nitrogen and oxygen atoms in total. The number of nitrogens with two attached hydrogens (primary N) is 1. The third kappa shape index (κ3) is 6.13. The van der Waals surface area contributed by atoms with Gasteiger partial charge in [0.15, 0.2) is 12.3 Å². The lowest BCUT2D eigenvalue weighted by molar-refractivity contribution is -0.337. The molecule has 0 saturated carbocycles. The summed E-state index contributed by atoms with van der Waals surface area (Å²) < 4.78 is 180. The fourth-order valence-corrected chi connectivity index (χ4v) is 1.75. The summed E-state index contributed by atoms with van der Waals surface area (Å²) >= 11 is 0. The fourth-order valence-electron chi connectivity index (χ4n) is 1.23. The predicted octanol–water partition coefficient (Wildman–Crippen LogP) is 3.49. The first kappa shape index (κ1) is 29.0. The maximum atomic E-state index is 13.0. The normalized spacial score (nSPS) is 18.0. The molecule has 28 heavy (non-hydrogen) atoms. The van der Waals surface area contributed by atoms with E-state index in [1.807, 2.05) is 0 Å². The molecule has 0 fully saturated rings. The summed E-state index contributed by atoms with van der Waals surface area (Å²) in [5, 5.41) is 0. The summed E-state index contributed by atoms with van der Waals surface area (Å²) in [6, 6.07) is 0. The predicted molar refractivity (Wildman–Crippen MR) is 71.2 cm³/mol. The van der Waals surface area contributed by atoms with Crippen LogP contribution in [0.4, 0.5) is 52.7 Å². The van der Waals surface area contributed by atoms with Gasteiger partial charge in [-0.15, -0.1) is 6.58 Å². The van der Waals surface area contributed by atoms with E-state index in [-0.39, 0.29) is 0 Å². The Morgan fingerprint density at radius 1 is 0.893 bits per heavy atom. The highest BCUT2D eigenvalue weighted by molar-refractivity contribution is 7.86. The van der Waals surface area contributed by atoms with Crippen LogP contribution in [0.25, 0.3) is 0 Å². The van der Waals surface area contributed by atoms with Crippen molar-refractivity contribution in [3.8, 4) is 0 Å². The summed E-state index contributed by atoms with van der Waals surface area (Å²) in [5.41, 5.74) is -0.500. The van der Waals surface area contributed by atoms with E-state index in [0.717, 1.165) is 0 Å².